The Morgan fingerprint density at radius 2 is 1.83 bits per heavy atom. The molecule has 3 amide bonds. The van der Waals surface area contributed by atoms with Crippen LogP contribution in [0.4, 0.5) is 0 Å². The summed E-state index contributed by atoms with van der Waals surface area (Å²) in [7, 11) is -3.90. The number of sulfone groups is 1. The molecular formula is C18H23N3O7S. The Morgan fingerprint density at radius 3 is 2.41 bits per heavy atom. The second-order valence-corrected chi connectivity index (χ2v) is 8.71. The van der Waals surface area contributed by atoms with Crippen LogP contribution in [-0.4, -0.2) is 66.4 Å². The fourth-order valence-electron chi connectivity index (χ4n) is 2.74. The van der Waals surface area contributed by atoms with Crippen LogP contribution in [0.2, 0.25) is 0 Å². The Hall–Kier alpha value is -2.76. The molecule has 0 fully saturated rings. The Labute approximate surface area is 167 Å². The molecule has 0 heterocycles. The first-order valence-electron chi connectivity index (χ1n) is 8.75. The normalized spacial score (nSPS) is 22.9. The molecule has 1 aromatic carbocycles. The maximum atomic E-state index is 12.3. The van der Waals surface area contributed by atoms with Crippen LogP contribution in [0.3, 0.4) is 0 Å². The van der Waals surface area contributed by atoms with Gasteiger partial charge in [0.15, 0.2) is 9.84 Å². The lowest BCUT2D eigenvalue weighted by molar-refractivity contribution is -0.125. The minimum Gasteiger partial charge on any atom is -0.390 e. The van der Waals surface area contributed by atoms with Gasteiger partial charge in [-0.2, -0.15) is 0 Å². The number of rotatable bonds is 7. The lowest BCUT2D eigenvalue weighted by atomic mass is 9.90. The highest BCUT2D eigenvalue weighted by Gasteiger charge is 2.34. The molecule has 158 valence electrons. The molecule has 0 saturated heterocycles. The highest BCUT2D eigenvalue weighted by molar-refractivity contribution is 7.92. The summed E-state index contributed by atoms with van der Waals surface area (Å²) >= 11 is 0. The molecule has 29 heavy (non-hydrogen) atoms. The monoisotopic (exact) mass is 425 g/mol. The standard InChI is InChI=1S/C18H23N3O7S/c1-10(17(19)25)20-18(26)11-7-13(16(24)14(22)8-11)21-15(23)9-29(27,28)12-5-3-2-4-6-12/h2-7,10,13-14,16,22,24H,8-9H2,1H3,(H2,19,25)(H,20,26)(H,21,23)/t10-,13-,14-,16-/m1/s1. The first-order valence-corrected chi connectivity index (χ1v) is 10.4. The van der Waals surface area contributed by atoms with E-state index in [1.54, 1.807) is 6.07 Å². The number of carbonyl (C=O) groups is 3. The minimum absolute atomic E-state index is 0.0205. The summed E-state index contributed by atoms with van der Waals surface area (Å²) in [5.41, 5.74) is 5.11. The predicted molar refractivity (Wildman–Crippen MR) is 102 cm³/mol. The number of hydrogen-bond donors (Lipinski definition) is 5. The minimum atomic E-state index is -3.90. The zero-order chi connectivity index (χ0) is 21.8. The van der Waals surface area contributed by atoms with Crippen LogP contribution in [0.1, 0.15) is 13.3 Å². The van der Waals surface area contributed by atoms with Crippen molar-refractivity contribution < 1.29 is 33.0 Å². The highest BCUT2D eigenvalue weighted by Crippen LogP contribution is 2.20. The van der Waals surface area contributed by atoms with Crippen LogP contribution in [-0.2, 0) is 24.2 Å². The van der Waals surface area contributed by atoms with Gasteiger partial charge in [0.05, 0.1) is 17.0 Å². The Morgan fingerprint density at radius 1 is 1.21 bits per heavy atom. The molecule has 1 aliphatic carbocycles. The number of aliphatic hydroxyl groups is 2. The molecule has 6 N–H and O–H groups in total. The van der Waals surface area contributed by atoms with Gasteiger partial charge in [0.2, 0.25) is 17.7 Å². The Bertz CT molecular complexity index is 915. The molecule has 10 nitrogen and oxygen atoms in total. The summed E-state index contributed by atoms with van der Waals surface area (Å²) in [6, 6.07) is 5.22. The van der Waals surface area contributed by atoms with E-state index in [1.165, 1.54) is 37.3 Å². The molecule has 4 atom stereocenters. The average Bonchev–Trinajstić information content (AvgIpc) is 2.65. The lowest BCUT2D eigenvalue weighted by Crippen LogP contribution is -2.52. The fraction of sp³-hybridized carbons (Fsp3) is 0.389. The fourth-order valence-corrected chi connectivity index (χ4v) is 3.90. The zero-order valence-corrected chi connectivity index (χ0v) is 16.4. The number of carbonyl (C=O) groups excluding carboxylic acids is 3. The summed E-state index contributed by atoms with van der Waals surface area (Å²) in [4.78, 5) is 35.5. The smallest absolute Gasteiger partial charge is 0.247 e. The van der Waals surface area contributed by atoms with Gasteiger partial charge in [0.1, 0.15) is 17.9 Å². The molecule has 0 aliphatic heterocycles. The third-order valence-electron chi connectivity index (χ3n) is 4.39. The second kappa shape index (κ2) is 9.16. The molecule has 1 aliphatic rings. The van der Waals surface area contributed by atoms with E-state index >= 15 is 0 Å². The van der Waals surface area contributed by atoms with Gasteiger partial charge in [-0.15, -0.1) is 0 Å². The molecular weight excluding hydrogens is 402 g/mol. The first kappa shape index (κ1) is 22.5. The van der Waals surface area contributed by atoms with Crippen molar-refractivity contribution in [2.75, 3.05) is 5.75 Å². The van der Waals surface area contributed by atoms with E-state index < -0.39 is 57.6 Å². The van der Waals surface area contributed by atoms with E-state index in [4.69, 9.17) is 5.73 Å². The maximum absolute atomic E-state index is 12.3. The summed E-state index contributed by atoms with van der Waals surface area (Å²) in [6.07, 6.45) is -1.81. The molecule has 0 spiro atoms. The van der Waals surface area contributed by atoms with E-state index in [0.29, 0.717) is 0 Å². The predicted octanol–water partition coefficient (Wildman–Crippen LogP) is -2.01. The van der Waals surface area contributed by atoms with Gasteiger partial charge in [-0.05, 0) is 19.1 Å². The summed E-state index contributed by atoms with van der Waals surface area (Å²) in [5, 5.41) is 24.8. The van der Waals surface area contributed by atoms with Gasteiger partial charge in [0, 0.05) is 12.0 Å². The number of aliphatic hydroxyl groups excluding tert-OH is 2. The van der Waals surface area contributed by atoms with E-state index in [9.17, 15) is 33.0 Å². The van der Waals surface area contributed by atoms with Crippen LogP contribution in [0, 0.1) is 0 Å². The second-order valence-electron chi connectivity index (χ2n) is 6.72. The molecule has 2 rings (SSSR count). The summed E-state index contributed by atoms with van der Waals surface area (Å²) < 4.78 is 24.6. The van der Waals surface area contributed by atoms with Gasteiger partial charge >= 0.3 is 0 Å². The van der Waals surface area contributed by atoms with E-state index in [-0.39, 0.29) is 16.9 Å². The lowest BCUT2D eigenvalue weighted by Gasteiger charge is -2.31. The van der Waals surface area contributed by atoms with Crippen LogP contribution in [0.15, 0.2) is 46.9 Å². The molecule has 1 aromatic rings. The number of primary amides is 1. The van der Waals surface area contributed by atoms with Crippen molar-refractivity contribution in [2.24, 2.45) is 5.73 Å². The van der Waals surface area contributed by atoms with Crippen molar-refractivity contribution in [1.82, 2.24) is 10.6 Å². The molecule has 0 radical (unpaired) electrons. The van der Waals surface area contributed by atoms with Crippen LogP contribution < -0.4 is 16.4 Å². The highest BCUT2D eigenvalue weighted by atomic mass is 32.2. The van der Waals surface area contributed by atoms with Gasteiger partial charge in [-0.3, -0.25) is 14.4 Å². The molecule has 0 saturated carbocycles. The van der Waals surface area contributed by atoms with E-state index in [1.807, 2.05) is 0 Å². The number of amides is 3. The average molecular weight is 425 g/mol. The van der Waals surface area contributed by atoms with Crippen LogP contribution >= 0.6 is 0 Å². The number of nitrogens with two attached hydrogens (primary N) is 1. The SMILES string of the molecule is C[C@@H](NC(=O)C1=C[C@@H](NC(=O)CS(=O)(=O)c2ccccc2)[C@@H](O)[C@H](O)C1)C(N)=O. The maximum Gasteiger partial charge on any atom is 0.247 e. The van der Waals surface area contributed by atoms with Crippen molar-refractivity contribution in [3.05, 3.63) is 42.0 Å². The van der Waals surface area contributed by atoms with Crippen molar-refractivity contribution in [3.8, 4) is 0 Å². The molecule has 0 unspecified atom stereocenters. The van der Waals surface area contributed by atoms with E-state index in [0.717, 1.165) is 0 Å². The largest absolute Gasteiger partial charge is 0.390 e. The van der Waals surface area contributed by atoms with Crippen LogP contribution in [0.5, 0.6) is 0 Å². The Kier molecular flexibility index (Phi) is 7.11. The molecule has 11 heteroatoms. The van der Waals surface area contributed by atoms with Crippen molar-refractivity contribution >= 4 is 27.6 Å². The van der Waals surface area contributed by atoms with Gasteiger partial charge in [-0.1, -0.05) is 24.3 Å². The Balaban J connectivity index is 2.11. The number of hydrogen-bond acceptors (Lipinski definition) is 7. The van der Waals surface area contributed by atoms with Gasteiger partial charge in [-0.25, -0.2) is 8.42 Å². The molecule has 0 aromatic heterocycles. The van der Waals surface area contributed by atoms with Crippen LogP contribution in [0.25, 0.3) is 0 Å². The number of benzene rings is 1. The number of nitrogens with one attached hydrogen (secondary N) is 2. The van der Waals surface area contributed by atoms with Crippen molar-refractivity contribution in [1.29, 1.82) is 0 Å². The van der Waals surface area contributed by atoms with Crippen molar-refractivity contribution in [3.63, 3.8) is 0 Å². The quantitative estimate of drug-likeness (QED) is 0.335. The van der Waals surface area contributed by atoms with Crippen molar-refractivity contribution in [2.45, 2.75) is 42.5 Å². The third-order valence-corrected chi connectivity index (χ3v) is 6.02. The van der Waals surface area contributed by atoms with Gasteiger partial charge < -0.3 is 26.6 Å². The summed E-state index contributed by atoms with van der Waals surface area (Å²) in [5.74, 6) is -3.23. The molecule has 0 bridgehead atoms. The summed E-state index contributed by atoms with van der Waals surface area (Å²) in [6.45, 7) is 1.38. The third kappa shape index (κ3) is 5.86. The van der Waals surface area contributed by atoms with Gasteiger partial charge in [0.25, 0.3) is 0 Å². The topological polar surface area (TPSA) is 176 Å². The van der Waals surface area contributed by atoms with E-state index in [2.05, 4.69) is 10.6 Å². The zero-order valence-electron chi connectivity index (χ0n) is 15.6. The first-order chi connectivity index (χ1) is 13.5.